The number of sulfonamides is 1. The van der Waals surface area contributed by atoms with Gasteiger partial charge in [0.05, 0.1) is 5.25 Å². The topological polar surface area (TPSA) is 76.1 Å². The minimum atomic E-state index is -3.34. The second kappa shape index (κ2) is 4.73. The summed E-state index contributed by atoms with van der Waals surface area (Å²) in [6.07, 6.45) is 3.34. The number of nitrogens with one attached hydrogen (secondary N) is 1. The van der Waals surface area contributed by atoms with Crippen LogP contribution in [0.1, 0.15) is 43.1 Å². The molecule has 1 heterocycles. The molecule has 1 aliphatic carbocycles. The number of carbonyl (C=O) groups is 1. The van der Waals surface area contributed by atoms with E-state index < -0.39 is 10.0 Å². The number of hydrogen-bond acceptors (Lipinski definition) is 5. The van der Waals surface area contributed by atoms with Gasteiger partial charge in [-0.1, -0.05) is 12.8 Å². The number of Topliss-reactive ketones (excluding diaryl/α,β-unsaturated/α-hetero) is 1. The summed E-state index contributed by atoms with van der Waals surface area (Å²) >= 11 is 1.14. The van der Waals surface area contributed by atoms with E-state index in [-0.39, 0.29) is 16.2 Å². The molecule has 0 unspecified atom stereocenters. The highest BCUT2D eigenvalue weighted by Crippen LogP contribution is 2.27. The van der Waals surface area contributed by atoms with Crippen LogP contribution in [0.3, 0.4) is 0 Å². The van der Waals surface area contributed by atoms with Crippen LogP contribution in [0.5, 0.6) is 0 Å². The molecule has 1 fully saturated rings. The molecule has 5 nitrogen and oxygen atoms in total. The van der Waals surface area contributed by atoms with Crippen molar-refractivity contribution in [2.45, 2.75) is 37.9 Å². The fourth-order valence-electron chi connectivity index (χ4n) is 1.89. The quantitative estimate of drug-likeness (QED) is 0.852. The third-order valence-electron chi connectivity index (χ3n) is 2.84. The fraction of sp³-hybridized carbons (Fsp3) is 0.600. The zero-order chi connectivity index (χ0) is 12.5. The number of anilines is 1. The predicted molar refractivity (Wildman–Crippen MR) is 66.9 cm³/mol. The first-order valence-corrected chi connectivity index (χ1v) is 7.90. The SMILES string of the molecule is CC(=O)c1csc(NS(=O)(=O)C2CCCC2)n1. The summed E-state index contributed by atoms with van der Waals surface area (Å²) in [7, 11) is -3.34. The summed E-state index contributed by atoms with van der Waals surface area (Å²) in [5.74, 6) is -0.160. The van der Waals surface area contributed by atoms with Crippen molar-refractivity contribution in [1.29, 1.82) is 0 Å². The van der Waals surface area contributed by atoms with Crippen molar-refractivity contribution < 1.29 is 13.2 Å². The second-order valence-corrected chi connectivity index (χ2v) is 6.97. The Balaban J connectivity index is 2.11. The monoisotopic (exact) mass is 274 g/mol. The Morgan fingerprint density at radius 3 is 2.65 bits per heavy atom. The van der Waals surface area contributed by atoms with Gasteiger partial charge in [-0.15, -0.1) is 11.3 Å². The molecule has 2 rings (SSSR count). The van der Waals surface area contributed by atoms with Crippen LogP contribution < -0.4 is 4.72 Å². The Kier molecular flexibility index (Phi) is 3.48. The van der Waals surface area contributed by atoms with Crippen molar-refractivity contribution in [2.75, 3.05) is 4.72 Å². The van der Waals surface area contributed by atoms with Crippen LogP contribution in [0.2, 0.25) is 0 Å². The lowest BCUT2D eigenvalue weighted by atomic mass is 10.4. The summed E-state index contributed by atoms with van der Waals surface area (Å²) in [5.41, 5.74) is 0.305. The maximum absolute atomic E-state index is 12.0. The van der Waals surface area contributed by atoms with Crippen molar-refractivity contribution in [3.05, 3.63) is 11.1 Å². The molecule has 17 heavy (non-hydrogen) atoms. The lowest BCUT2D eigenvalue weighted by Gasteiger charge is -2.10. The second-order valence-electron chi connectivity index (χ2n) is 4.15. The Bertz CT molecular complexity index is 515. The average Bonchev–Trinajstić information content (AvgIpc) is 2.85. The van der Waals surface area contributed by atoms with Crippen molar-refractivity contribution in [3.63, 3.8) is 0 Å². The van der Waals surface area contributed by atoms with E-state index in [1.54, 1.807) is 5.38 Å². The van der Waals surface area contributed by atoms with E-state index in [4.69, 9.17) is 0 Å². The van der Waals surface area contributed by atoms with Crippen LogP contribution >= 0.6 is 11.3 Å². The number of hydrogen-bond donors (Lipinski definition) is 1. The highest BCUT2D eigenvalue weighted by Gasteiger charge is 2.29. The first-order chi connectivity index (χ1) is 7.99. The van der Waals surface area contributed by atoms with Crippen LogP contribution in [0.15, 0.2) is 5.38 Å². The molecule has 1 aliphatic rings. The predicted octanol–water partition coefficient (Wildman–Crippen LogP) is 2.03. The van der Waals surface area contributed by atoms with E-state index in [2.05, 4.69) is 9.71 Å². The van der Waals surface area contributed by atoms with Gasteiger partial charge in [-0.2, -0.15) is 0 Å². The van der Waals surface area contributed by atoms with E-state index >= 15 is 0 Å². The largest absolute Gasteiger partial charge is 0.293 e. The number of thiazole rings is 1. The number of aromatic nitrogens is 1. The van der Waals surface area contributed by atoms with Gasteiger partial charge in [0, 0.05) is 12.3 Å². The van der Waals surface area contributed by atoms with Gasteiger partial charge in [-0.05, 0) is 12.8 Å². The molecule has 1 N–H and O–H groups in total. The Labute approximate surface area is 104 Å². The maximum Gasteiger partial charge on any atom is 0.237 e. The molecule has 0 saturated heterocycles. The third kappa shape index (κ3) is 2.84. The lowest BCUT2D eigenvalue weighted by Crippen LogP contribution is -2.25. The van der Waals surface area contributed by atoms with Gasteiger partial charge in [-0.3, -0.25) is 9.52 Å². The average molecular weight is 274 g/mol. The summed E-state index contributed by atoms with van der Waals surface area (Å²) in [4.78, 5) is 15.0. The van der Waals surface area contributed by atoms with Crippen molar-refractivity contribution in [3.8, 4) is 0 Å². The molecule has 7 heteroatoms. The Hall–Kier alpha value is -0.950. The number of rotatable bonds is 4. The van der Waals surface area contributed by atoms with Gasteiger partial charge in [-0.25, -0.2) is 13.4 Å². The Morgan fingerprint density at radius 1 is 1.47 bits per heavy atom. The van der Waals surface area contributed by atoms with Gasteiger partial charge in [0.1, 0.15) is 5.69 Å². The normalized spacial score (nSPS) is 17.2. The minimum absolute atomic E-state index is 0.160. The molecule has 0 atom stereocenters. The molecule has 0 aliphatic heterocycles. The first-order valence-electron chi connectivity index (χ1n) is 5.47. The van der Waals surface area contributed by atoms with Crippen molar-refractivity contribution >= 4 is 32.3 Å². The molecule has 0 spiro atoms. The van der Waals surface area contributed by atoms with Gasteiger partial charge in [0.25, 0.3) is 0 Å². The summed E-state index contributed by atoms with van der Waals surface area (Å²) in [6, 6.07) is 0. The molecule has 94 valence electrons. The molecular formula is C10H14N2O3S2. The summed E-state index contributed by atoms with van der Waals surface area (Å²) < 4.78 is 26.4. The molecular weight excluding hydrogens is 260 g/mol. The van der Waals surface area contributed by atoms with E-state index in [1.165, 1.54) is 6.92 Å². The van der Waals surface area contributed by atoms with Crippen molar-refractivity contribution in [1.82, 2.24) is 4.98 Å². The first kappa shape index (κ1) is 12.5. The van der Waals surface area contributed by atoms with Crippen molar-refractivity contribution in [2.24, 2.45) is 0 Å². The van der Waals surface area contributed by atoms with Crippen LogP contribution in [-0.2, 0) is 10.0 Å². The smallest absolute Gasteiger partial charge is 0.237 e. The van der Waals surface area contributed by atoms with Crippen LogP contribution in [0.4, 0.5) is 5.13 Å². The lowest BCUT2D eigenvalue weighted by molar-refractivity contribution is 0.101. The third-order valence-corrected chi connectivity index (χ3v) is 5.55. The Morgan fingerprint density at radius 2 is 2.12 bits per heavy atom. The summed E-state index contributed by atoms with van der Waals surface area (Å²) in [6.45, 7) is 1.41. The molecule has 1 aromatic rings. The summed E-state index contributed by atoms with van der Waals surface area (Å²) in [5, 5.41) is 1.53. The van der Waals surface area contributed by atoms with Gasteiger partial charge >= 0.3 is 0 Å². The van der Waals surface area contributed by atoms with E-state index in [1.807, 2.05) is 0 Å². The highest BCUT2D eigenvalue weighted by molar-refractivity contribution is 7.93. The number of nitrogens with zero attached hydrogens (tertiary/aromatic N) is 1. The van der Waals surface area contributed by atoms with Gasteiger partial charge in [0.15, 0.2) is 10.9 Å². The molecule has 1 saturated carbocycles. The fourth-order valence-corrected chi connectivity index (χ4v) is 4.43. The van der Waals surface area contributed by atoms with E-state index in [0.29, 0.717) is 18.5 Å². The number of ketones is 1. The zero-order valence-corrected chi connectivity index (χ0v) is 11.1. The highest BCUT2D eigenvalue weighted by atomic mass is 32.2. The van der Waals surface area contributed by atoms with Gasteiger partial charge < -0.3 is 0 Å². The van der Waals surface area contributed by atoms with Gasteiger partial charge in [0.2, 0.25) is 10.0 Å². The molecule has 0 bridgehead atoms. The molecule has 0 aromatic carbocycles. The molecule has 0 amide bonds. The molecule has 1 aromatic heterocycles. The zero-order valence-electron chi connectivity index (χ0n) is 9.47. The van der Waals surface area contributed by atoms with Crippen LogP contribution in [-0.4, -0.2) is 24.4 Å². The maximum atomic E-state index is 12.0. The number of carbonyl (C=O) groups excluding carboxylic acids is 1. The minimum Gasteiger partial charge on any atom is -0.293 e. The van der Waals surface area contributed by atoms with E-state index in [9.17, 15) is 13.2 Å². The molecule has 0 radical (unpaired) electrons. The standard InChI is InChI=1S/C10H14N2O3S2/c1-7(13)9-6-16-10(11-9)12-17(14,15)8-4-2-3-5-8/h6,8H,2-5H2,1H3,(H,11,12). The van der Waals surface area contributed by atoms with E-state index in [0.717, 1.165) is 24.2 Å². The van der Waals surface area contributed by atoms with Crippen LogP contribution in [0, 0.1) is 0 Å². The van der Waals surface area contributed by atoms with Crippen LogP contribution in [0.25, 0.3) is 0 Å².